The Bertz CT molecular complexity index is 366. The zero-order valence-corrected chi connectivity index (χ0v) is 8.78. The molecule has 1 rings (SSSR count). The van der Waals surface area contributed by atoms with Gasteiger partial charge in [-0.2, -0.15) is 4.99 Å². The molecule has 1 heterocycles. The summed E-state index contributed by atoms with van der Waals surface area (Å²) in [5.41, 5.74) is 0.670. The second-order valence-electron chi connectivity index (χ2n) is 2.65. The predicted molar refractivity (Wildman–Crippen MR) is 53.4 cm³/mol. The van der Waals surface area contributed by atoms with Gasteiger partial charge in [-0.1, -0.05) is 18.3 Å². The van der Waals surface area contributed by atoms with Crippen LogP contribution in [0.25, 0.3) is 0 Å². The van der Waals surface area contributed by atoms with Crippen molar-refractivity contribution in [1.82, 2.24) is 9.59 Å². The summed E-state index contributed by atoms with van der Waals surface area (Å²) in [6.07, 6.45) is 0. The first-order valence-electron chi connectivity index (χ1n) is 3.61. The lowest BCUT2D eigenvalue weighted by Gasteiger charge is -1.98. The zero-order valence-electron chi connectivity index (χ0n) is 7.14. The summed E-state index contributed by atoms with van der Waals surface area (Å²) in [4.78, 5) is 15.1. The van der Waals surface area contributed by atoms with Gasteiger partial charge in [-0.3, -0.25) is 4.79 Å². The van der Waals surface area contributed by atoms with E-state index in [0.29, 0.717) is 10.6 Å². The molecule has 0 fully saturated rings. The molecule has 0 aliphatic rings. The molecule has 0 aliphatic heterocycles. The maximum absolute atomic E-state index is 11.3. The maximum Gasteiger partial charge on any atom is 0.299 e. The number of aliphatic imine (C=N–C) groups is 1. The largest absolute Gasteiger partial charge is 0.299 e. The van der Waals surface area contributed by atoms with Crippen molar-refractivity contribution >= 4 is 34.8 Å². The first-order chi connectivity index (χ1) is 6.16. The summed E-state index contributed by atoms with van der Waals surface area (Å²) in [5, 5.41) is 5.88. The lowest BCUT2D eigenvalue weighted by molar-refractivity contribution is 0.101. The molecular weight excluding hydrogens is 206 g/mol. The van der Waals surface area contributed by atoms with E-state index in [4.69, 9.17) is 0 Å². The SMILES string of the molecule is CC(C)c1nnsc1C(=O)N=C=S. The Hall–Kier alpha value is -0.970. The van der Waals surface area contributed by atoms with Gasteiger partial charge in [-0.25, -0.2) is 0 Å². The molecule has 1 aromatic heterocycles. The van der Waals surface area contributed by atoms with Crippen molar-refractivity contribution in [1.29, 1.82) is 0 Å². The topological polar surface area (TPSA) is 55.2 Å². The Balaban J connectivity index is 3.07. The van der Waals surface area contributed by atoms with Crippen LogP contribution >= 0.6 is 23.8 Å². The number of carbonyl (C=O) groups is 1. The molecular formula is C7H7N3OS2. The molecule has 0 saturated carbocycles. The molecule has 1 aromatic rings. The van der Waals surface area contributed by atoms with E-state index in [2.05, 4.69) is 26.8 Å². The van der Waals surface area contributed by atoms with E-state index in [1.165, 1.54) is 0 Å². The predicted octanol–water partition coefficient (Wildman–Crippen LogP) is 1.90. The van der Waals surface area contributed by atoms with Crippen LogP contribution in [-0.2, 0) is 0 Å². The molecule has 0 atom stereocenters. The van der Waals surface area contributed by atoms with E-state index >= 15 is 0 Å². The summed E-state index contributed by atoms with van der Waals surface area (Å²) in [5.74, 6) is -0.244. The number of rotatable bonds is 2. The van der Waals surface area contributed by atoms with Crippen molar-refractivity contribution in [3.8, 4) is 0 Å². The Morgan fingerprint density at radius 2 is 2.38 bits per heavy atom. The average Bonchev–Trinajstić information content (AvgIpc) is 2.52. The summed E-state index contributed by atoms with van der Waals surface area (Å²) in [6.45, 7) is 3.88. The summed E-state index contributed by atoms with van der Waals surface area (Å²) in [6, 6.07) is 0. The molecule has 0 aromatic carbocycles. The van der Waals surface area contributed by atoms with Crippen LogP contribution in [0.1, 0.15) is 35.1 Å². The van der Waals surface area contributed by atoms with Crippen molar-refractivity contribution < 1.29 is 4.79 Å². The minimum Gasteiger partial charge on any atom is -0.265 e. The smallest absolute Gasteiger partial charge is 0.265 e. The second kappa shape index (κ2) is 4.32. The van der Waals surface area contributed by atoms with E-state index in [-0.39, 0.29) is 5.92 Å². The van der Waals surface area contributed by atoms with Crippen LogP contribution in [0.5, 0.6) is 0 Å². The fourth-order valence-electron chi connectivity index (χ4n) is 0.816. The highest BCUT2D eigenvalue weighted by molar-refractivity contribution is 7.78. The Labute approximate surface area is 84.9 Å². The molecule has 1 amide bonds. The van der Waals surface area contributed by atoms with E-state index < -0.39 is 5.91 Å². The van der Waals surface area contributed by atoms with Crippen molar-refractivity contribution in [2.75, 3.05) is 0 Å². The average molecular weight is 213 g/mol. The van der Waals surface area contributed by atoms with Crippen LogP contribution in [0.2, 0.25) is 0 Å². The van der Waals surface area contributed by atoms with E-state index in [1.54, 1.807) is 0 Å². The van der Waals surface area contributed by atoms with Gasteiger partial charge in [-0.15, -0.1) is 5.10 Å². The van der Waals surface area contributed by atoms with Crippen LogP contribution < -0.4 is 0 Å². The monoisotopic (exact) mass is 213 g/mol. The molecule has 0 spiro atoms. The number of amides is 1. The Morgan fingerprint density at radius 3 is 2.92 bits per heavy atom. The fourth-order valence-corrected chi connectivity index (χ4v) is 1.60. The standard InChI is InChI=1S/C7H7N3OS2/c1-4(2)5-6(13-10-9-5)7(11)8-3-12/h4H,1-2H3. The van der Waals surface area contributed by atoms with Crippen molar-refractivity contribution in [2.24, 2.45) is 4.99 Å². The number of carbonyl (C=O) groups excluding carboxylic acids is 1. The van der Waals surface area contributed by atoms with Gasteiger partial charge >= 0.3 is 0 Å². The molecule has 13 heavy (non-hydrogen) atoms. The van der Waals surface area contributed by atoms with Crippen LogP contribution in [-0.4, -0.2) is 20.7 Å². The third kappa shape index (κ3) is 2.24. The number of isothiocyanates is 1. The molecule has 4 nitrogen and oxygen atoms in total. The molecule has 0 aliphatic carbocycles. The van der Waals surface area contributed by atoms with Gasteiger partial charge in [0.2, 0.25) is 0 Å². The minimum absolute atomic E-state index is 0.165. The Kier molecular flexibility index (Phi) is 3.36. The lowest BCUT2D eigenvalue weighted by atomic mass is 10.1. The fraction of sp³-hybridized carbons (Fsp3) is 0.429. The molecule has 68 valence electrons. The highest BCUT2D eigenvalue weighted by Crippen LogP contribution is 2.20. The zero-order chi connectivity index (χ0) is 9.84. The van der Waals surface area contributed by atoms with E-state index in [1.807, 2.05) is 19.0 Å². The van der Waals surface area contributed by atoms with Gasteiger partial charge in [0.25, 0.3) is 5.91 Å². The number of thiocarbonyl (C=S) groups is 1. The molecule has 0 unspecified atom stereocenters. The van der Waals surface area contributed by atoms with Gasteiger partial charge in [-0.05, 0) is 29.7 Å². The van der Waals surface area contributed by atoms with Gasteiger partial charge in [0, 0.05) is 0 Å². The summed E-state index contributed by atoms with van der Waals surface area (Å²) in [7, 11) is 0. The quantitative estimate of drug-likeness (QED) is 0.556. The third-order valence-corrected chi connectivity index (χ3v) is 2.22. The Morgan fingerprint density at radius 1 is 1.69 bits per heavy atom. The van der Waals surface area contributed by atoms with Gasteiger partial charge in [0.1, 0.15) is 4.88 Å². The first kappa shape index (κ1) is 10.1. The van der Waals surface area contributed by atoms with Crippen molar-refractivity contribution in [3.63, 3.8) is 0 Å². The highest BCUT2D eigenvalue weighted by atomic mass is 32.1. The number of hydrogen-bond donors (Lipinski definition) is 0. The number of hydrogen-bond acceptors (Lipinski definition) is 5. The van der Waals surface area contributed by atoms with Crippen LogP contribution in [0.15, 0.2) is 4.99 Å². The molecule has 0 bridgehead atoms. The maximum atomic E-state index is 11.3. The minimum atomic E-state index is -0.409. The van der Waals surface area contributed by atoms with Crippen LogP contribution in [0.3, 0.4) is 0 Å². The van der Waals surface area contributed by atoms with E-state index in [9.17, 15) is 4.79 Å². The first-order valence-corrected chi connectivity index (χ1v) is 4.79. The van der Waals surface area contributed by atoms with Gasteiger partial charge in [0.05, 0.1) is 10.9 Å². The third-order valence-electron chi connectivity index (χ3n) is 1.40. The number of nitrogens with zero attached hydrogens (tertiary/aromatic N) is 3. The van der Waals surface area contributed by atoms with Crippen molar-refractivity contribution in [3.05, 3.63) is 10.6 Å². The lowest BCUT2D eigenvalue weighted by Crippen LogP contribution is -1.99. The van der Waals surface area contributed by atoms with Crippen LogP contribution in [0, 0.1) is 0 Å². The second-order valence-corrected chi connectivity index (χ2v) is 3.59. The van der Waals surface area contributed by atoms with E-state index in [0.717, 1.165) is 11.5 Å². The van der Waals surface area contributed by atoms with Gasteiger partial charge < -0.3 is 0 Å². The normalized spacial score (nSPS) is 9.77. The highest BCUT2D eigenvalue weighted by Gasteiger charge is 2.17. The molecule has 6 heteroatoms. The van der Waals surface area contributed by atoms with Crippen molar-refractivity contribution in [2.45, 2.75) is 19.8 Å². The summed E-state index contributed by atoms with van der Waals surface area (Å²) >= 11 is 5.37. The van der Waals surface area contributed by atoms with Crippen LogP contribution in [0.4, 0.5) is 0 Å². The van der Waals surface area contributed by atoms with Gasteiger partial charge in [0.15, 0.2) is 0 Å². The molecule has 0 N–H and O–H groups in total. The molecule has 0 radical (unpaired) electrons. The molecule has 0 saturated heterocycles. The number of aromatic nitrogens is 2. The summed E-state index contributed by atoms with van der Waals surface area (Å²) < 4.78 is 3.70.